The molecule has 0 aliphatic carbocycles. The summed E-state index contributed by atoms with van der Waals surface area (Å²) in [5.41, 5.74) is 4.18. The summed E-state index contributed by atoms with van der Waals surface area (Å²) in [4.78, 5) is 39.6. The van der Waals surface area contributed by atoms with E-state index in [1.807, 2.05) is 12.1 Å². The predicted octanol–water partition coefficient (Wildman–Crippen LogP) is 4.77. The van der Waals surface area contributed by atoms with Gasteiger partial charge in [0.1, 0.15) is 12.4 Å². The minimum atomic E-state index is -0.953. The highest BCUT2D eigenvalue weighted by Gasteiger charge is 2.29. The normalized spacial score (nSPS) is 18.3. The highest BCUT2D eigenvalue weighted by Crippen LogP contribution is 2.30. The topological polar surface area (TPSA) is 120 Å². The molecule has 2 aliphatic heterocycles. The maximum absolute atomic E-state index is 11.7. The molecular formula is C32H35N5O5S. The molecule has 0 spiro atoms. The SMILES string of the molecule is CC(=O)c1ccc(COc2cccc(C3CCN(Cc4nc5ccc(C(=O)O)cc5n4C[C@H](S)C4CCO4)CC3)n2)nc1. The summed E-state index contributed by atoms with van der Waals surface area (Å²) in [5, 5.41) is 9.57. The third kappa shape index (κ3) is 6.74. The lowest BCUT2D eigenvalue weighted by atomic mass is 9.93. The summed E-state index contributed by atoms with van der Waals surface area (Å²) in [6, 6.07) is 14.5. The van der Waals surface area contributed by atoms with Crippen molar-refractivity contribution >= 4 is 35.4 Å². The van der Waals surface area contributed by atoms with Crippen molar-refractivity contribution in [2.24, 2.45) is 0 Å². The van der Waals surface area contributed by atoms with Crippen LogP contribution in [0.1, 0.15) is 70.0 Å². The van der Waals surface area contributed by atoms with Crippen LogP contribution in [0.25, 0.3) is 11.0 Å². The first kappa shape index (κ1) is 29.3. The number of fused-ring (bicyclic) bond motifs is 1. The molecule has 6 rings (SSSR count). The number of hydrogen-bond acceptors (Lipinski definition) is 9. The average molecular weight is 602 g/mol. The number of ketones is 1. The number of likely N-dealkylation sites (tertiary alicyclic amines) is 1. The summed E-state index contributed by atoms with van der Waals surface area (Å²) in [7, 11) is 0. The van der Waals surface area contributed by atoms with E-state index < -0.39 is 5.97 Å². The number of benzene rings is 1. The third-order valence-electron chi connectivity index (χ3n) is 8.32. The lowest BCUT2D eigenvalue weighted by molar-refractivity contribution is -0.0521. The number of carbonyl (C=O) groups excluding carboxylic acids is 1. The molecule has 2 fully saturated rings. The molecule has 0 saturated carbocycles. The third-order valence-corrected chi connectivity index (χ3v) is 8.82. The number of carboxylic acid groups (broad SMARTS) is 1. The number of imidazole rings is 1. The van der Waals surface area contributed by atoms with Gasteiger partial charge in [-0.3, -0.25) is 14.7 Å². The van der Waals surface area contributed by atoms with Gasteiger partial charge in [-0.2, -0.15) is 12.6 Å². The van der Waals surface area contributed by atoms with Crippen molar-refractivity contribution in [1.82, 2.24) is 24.4 Å². The molecule has 224 valence electrons. The molecule has 1 unspecified atom stereocenters. The number of carboxylic acids is 1. The van der Waals surface area contributed by atoms with Crippen LogP contribution in [0.15, 0.2) is 54.7 Å². The molecule has 0 bridgehead atoms. The van der Waals surface area contributed by atoms with Crippen molar-refractivity contribution in [2.45, 2.75) is 63.2 Å². The first-order valence-electron chi connectivity index (χ1n) is 14.6. The van der Waals surface area contributed by atoms with Gasteiger partial charge in [-0.25, -0.2) is 14.8 Å². The van der Waals surface area contributed by atoms with E-state index in [2.05, 4.69) is 20.5 Å². The number of piperidine rings is 1. The van der Waals surface area contributed by atoms with E-state index in [1.54, 1.807) is 36.5 Å². The Balaban J connectivity index is 1.10. The molecule has 4 aromatic rings. The van der Waals surface area contributed by atoms with Crippen LogP contribution in [0.2, 0.25) is 0 Å². The van der Waals surface area contributed by atoms with E-state index in [0.717, 1.165) is 67.2 Å². The maximum atomic E-state index is 11.7. The molecular weight excluding hydrogens is 566 g/mol. The van der Waals surface area contributed by atoms with Gasteiger partial charge >= 0.3 is 5.97 Å². The van der Waals surface area contributed by atoms with E-state index >= 15 is 0 Å². The fourth-order valence-electron chi connectivity index (χ4n) is 5.68. The van der Waals surface area contributed by atoms with E-state index in [-0.39, 0.29) is 29.3 Å². The van der Waals surface area contributed by atoms with Gasteiger partial charge in [0.15, 0.2) is 5.78 Å². The molecule has 1 aromatic carbocycles. The van der Waals surface area contributed by atoms with Crippen LogP contribution in [0.5, 0.6) is 5.88 Å². The van der Waals surface area contributed by atoms with Crippen LogP contribution in [-0.4, -0.2) is 72.3 Å². The number of pyridine rings is 2. The fraction of sp³-hybridized carbons (Fsp3) is 0.406. The first-order valence-corrected chi connectivity index (χ1v) is 15.2. The molecule has 1 N–H and O–H groups in total. The number of Topliss-reactive ketones (excluding diaryl/α,β-unsaturated/α-hetero) is 1. The first-order chi connectivity index (χ1) is 20.8. The minimum Gasteiger partial charge on any atom is -0.478 e. The number of rotatable bonds is 11. The van der Waals surface area contributed by atoms with Gasteiger partial charge in [-0.1, -0.05) is 6.07 Å². The van der Waals surface area contributed by atoms with Crippen molar-refractivity contribution in [1.29, 1.82) is 0 Å². The predicted molar refractivity (Wildman–Crippen MR) is 164 cm³/mol. The van der Waals surface area contributed by atoms with E-state index in [1.165, 1.54) is 6.92 Å². The molecule has 0 radical (unpaired) electrons. The monoisotopic (exact) mass is 601 g/mol. The zero-order chi connectivity index (χ0) is 29.9. The Labute approximate surface area is 255 Å². The summed E-state index contributed by atoms with van der Waals surface area (Å²) in [6.45, 7) is 5.62. The van der Waals surface area contributed by atoms with Gasteiger partial charge in [-0.15, -0.1) is 0 Å². The van der Waals surface area contributed by atoms with Crippen LogP contribution >= 0.6 is 12.6 Å². The highest BCUT2D eigenvalue weighted by atomic mass is 32.1. The molecule has 10 nitrogen and oxygen atoms in total. The molecule has 0 amide bonds. The minimum absolute atomic E-state index is 0.000348. The van der Waals surface area contributed by atoms with Crippen LogP contribution < -0.4 is 4.74 Å². The largest absolute Gasteiger partial charge is 0.478 e. The Morgan fingerprint density at radius 2 is 1.88 bits per heavy atom. The maximum Gasteiger partial charge on any atom is 0.335 e. The van der Waals surface area contributed by atoms with Gasteiger partial charge in [0.05, 0.1) is 34.9 Å². The van der Waals surface area contributed by atoms with Gasteiger partial charge in [0.2, 0.25) is 5.88 Å². The van der Waals surface area contributed by atoms with Crippen molar-refractivity contribution in [2.75, 3.05) is 19.7 Å². The molecule has 2 saturated heterocycles. The van der Waals surface area contributed by atoms with Gasteiger partial charge in [0, 0.05) is 47.8 Å². The smallest absolute Gasteiger partial charge is 0.335 e. The molecule has 3 aromatic heterocycles. The standard InChI is InChI=1S/C32H35N5O5S/c1-20(38)23-5-7-24(33-16-23)19-42-31-4-2-3-25(35-31)21-9-12-36(13-10-21)18-30-34-26-8-6-22(32(39)40)15-27(26)37(30)17-29(43)28-11-14-41-28/h2-8,15-16,21,28-29,43H,9-14,17-19H2,1H3,(H,39,40)/t28?,29-/m0/s1. The molecule has 2 aliphatic rings. The second-order valence-electron chi connectivity index (χ2n) is 11.2. The number of aromatic carboxylic acids is 1. The van der Waals surface area contributed by atoms with Crippen molar-refractivity contribution in [3.05, 3.63) is 83.1 Å². The Kier molecular flexibility index (Phi) is 8.73. The zero-order valence-corrected chi connectivity index (χ0v) is 25.0. The number of nitrogens with zero attached hydrogens (tertiary/aromatic N) is 5. The molecule has 11 heteroatoms. The highest BCUT2D eigenvalue weighted by molar-refractivity contribution is 7.81. The van der Waals surface area contributed by atoms with Crippen molar-refractivity contribution in [3.63, 3.8) is 0 Å². The van der Waals surface area contributed by atoms with Crippen LogP contribution in [0.4, 0.5) is 0 Å². The van der Waals surface area contributed by atoms with Crippen LogP contribution in [0.3, 0.4) is 0 Å². The number of hydrogen-bond donors (Lipinski definition) is 2. The van der Waals surface area contributed by atoms with E-state index in [0.29, 0.717) is 30.5 Å². The summed E-state index contributed by atoms with van der Waals surface area (Å²) in [6.07, 6.45) is 4.57. The van der Waals surface area contributed by atoms with E-state index in [9.17, 15) is 14.7 Å². The lowest BCUT2D eigenvalue weighted by Gasteiger charge is -2.33. The fourth-order valence-corrected chi connectivity index (χ4v) is 6.08. The molecule has 5 heterocycles. The number of carbonyl (C=O) groups is 2. The summed E-state index contributed by atoms with van der Waals surface area (Å²) in [5.74, 6) is 0.823. The number of thiol groups is 1. The van der Waals surface area contributed by atoms with Gasteiger partial charge in [0.25, 0.3) is 0 Å². The van der Waals surface area contributed by atoms with Crippen LogP contribution in [0, 0.1) is 0 Å². The zero-order valence-electron chi connectivity index (χ0n) is 24.1. The average Bonchev–Trinajstić information content (AvgIpc) is 3.31. The second-order valence-corrected chi connectivity index (χ2v) is 11.9. The molecule has 2 atom stereocenters. The second kappa shape index (κ2) is 12.8. The van der Waals surface area contributed by atoms with Crippen molar-refractivity contribution < 1.29 is 24.2 Å². The Bertz CT molecular complexity index is 1610. The Morgan fingerprint density at radius 1 is 1.09 bits per heavy atom. The summed E-state index contributed by atoms with van der Waals surface area (Å²) >= 11 is 4.82. The molecule has 43 heavy (non-hydrogen) atoms. The quantitative estimate of drug-likeness (QED) is 0.185. The Hall–Kier alpha value is -3.80. The van der Waals surface area contributed by atoms with Gasteiger partial charge in [-0.05, 0) is 75.7 Å². The summed E-state index contributed by atoms with van der Waals surface area (Å²) < 4.78 is 13.7. The number of ether oxygens (including phenoxy) is 2. The number of aromatic nitrogens is 4. The lowest BCUT2D eigenvalue weighted by Crippen LogP contribution is -2.38. The van der Waals surface area contributed by atoms with E-state index in [4.69, 9.17) is 32.1 Å². The van der Waals surface area contributed by atoms with Gasteiger partial charge < -0.3 is 19.1 Å². The van der Waals surface area contributed by atoms with Crippen molar-refractivity contribution in [3.8, 4) is 5.88 Å². The Morgan fingerprint density at radius 3 is 2.56 bits per heavy atom. The van der Waals surface area contributed by atoms with Crippen LogP contribution in [-0.2, 0) is 24.4 Å².